The fourth-order valence-electron chi connectivity index (χ4n) is 5.49. The number of rotatable bonds is 3. The summed E-state index contributed by atoms with van der Waals surface area (Å²) in [6, 6.07) is 0.702. The number of nitrogens with zero attached hydrogens (tertiary/aromatic N) is 5. The minimum absolute atomic E-state index is 0.164. The molecule has 0 radical (unpaired) electrons. The van der Waals surface area contributed by atoms with E-state index in [1.165, 1.54) is 32.5 Å². The Kier molecular flexibility index (Phi) is 15.7. The maximum atomic E-state index is 12.1. The number of carbonyl (C=O) groups excluding carboxylic acids is 3. The van der Waals surface area contributed by atoms with Gasteiger partial charge in [-0.3, -0.25) is 9.69 Å². The normalized spacial score (nSPS) is 21.7. The third-order valence-electron chi connectivity index (χ3n) is 8.12. The number of ether oxygens (including phenoxy) is 2. The molecular weight excluding hydrogens is 548 g/mol. The third kappa shape index (κ3) is 15.1. The Morgan fingerprint density at radius 2 is 1.09 bits per heavy atom. The van der Waals surface area contributed by atoms with Crippen LogP contribution < -0.4 is 5.32 Å². The molecule has 4 aliphatic heterocycles. The van der Waals surface area contributed by atoms with Crippen LogP contribution in [-0.2, 0) is 14.3 Å². The molecule has 2 amide bonds. The van der Waals surface area contributed by atoms with Crippen molar-refractivity contribution in [3.05, 3.63) is 0 Å². The van der Waals surface area contributed by atoms with Crippen LogP contribution in [-0.4, -0.2) is 151 Å². The molecule has 0 aromatic heterocycles. The van der Waals surface area contributed by atoms with Gasteiger partial charge in [0.15, 0.2) is 0 Å². The van der Waals surface area contributed by atoms with Crippen LogP contribution in [0.4, 0.5) is 9.59 Å². The van der Waals surface area contributed by atoms with Gasteiger partial charge < -0.3 is 34.4 Å². The number of amides is 2. The van der Waals surface area contributed by atoms with Crippen molar-refractivity contribution in [2.75, 3.05) is 91.6 Å². The third-order valence-corrected chi connectivity index (χ3v) is 8.12. The van der Waals surface area contributed by atoms with Gasteiger partial charge in [0.05, 0.1) is 0 Å². The highest BCUT2D eigenvalue weighted by molar-refractivity contribution is 5.79. The molecule has 250 valence electrons. The van der Waals surface area contributed by atoms with Gasteiger partial charge in [-0.05, 0) is 80.6 Å². The lowest BCUT2D eigenvalue weighted by molar-refractivity contribution is -0.121. The molecule has 0 atom stereocenters. The van der Waals surface area contributed by atoms with Gasteiger partial charge in [0.25, 0.3) is 0 Å². The van der Waals surface area contributed by atoms with E-state index in [1.807, 2.05) is 46.4 Å². The molecule has 43 heavy (non-hydrogen) atoms. The van der Waals surface area contributed by atoms with Crippen molar-refractivity contribution < 1.29 is 23.9 Å². The van der Waals surface area contributed by atoms with Gasteiger partial charge in [0.1, 0.15) is 17.0 Å². The number of piperidine rings is 2. The standard InChI is InChI=1S/C16H31N3O2.C9H18N2O2.C7H13NO/c1-5-17-8-6-14(7-9-17)18-10-12-19(13-11-18)15(20)21-16(2,3)4;1-9(2,3)13-8(12)11-6-4-10-5-7-11;1-2-8-5-3-7(9)4-6-8/h14H,5-13H2,1-4H3;10H,4-7H2,1-3H3;2-6H2,1H3. The van der Waals surface area contributed by atoms with E-state index < -0.39 is 5.60 Å². The van der Waals surface area contributed by atoms with Gasteiger partial charge in [-0.2, -0.15) is 0 Å². The predicted octanol–water partition coefficient (Wildman–Crippen LogP) is 3.52. The van der Waals surface area contributed by atoms with Crippen LogP contribution in [0.25, 0.3) is 0 Å². The van der Waals surface area contributed by atoms with Crippen molar-refractivity contribution in [3.63, 3.8) is 0 Å². The van der Waals surface area contributed by atoms with Crippen molar-refractivity contribution in [2.24, 2.45) is 0 Å². The Hall–Kier alpha value is -1.95. The number of ketones is 1. The molecule has 0 saturated carbocycles. The summed E-state index contributed by atoms with van der Waals surface area (Å²) in [6.45, 7) is 29.2. The van der Waals surface area contributed by atoms with Crippen LogP contribution in [0.1, 0.15) is 81.1 Å². The van der Waals surface area contributed by atoms with Crippen molar-refractivity contribution in [1.29, 1.82) is 0 Å². The summed E-state index contributed by atoms with van der Waals surface area (Å²) in [5, 5.41) is 3.18. The van der Waals surface area contributed by atoms with E-state index in [0.717, 1.165) is 84.8 Å². The molecule has 4 saturated heterocycles. The first-order valence-corrected chi connectivity index (χ1v) is 16.6. The highest BCUT2D eigenvalue weighted by Gasteiger charge is 2.30. The summed E-state index contributed by atoms with van der Waals surface area (Å²) in [5.74, 6) is 0.430. The molecule has 0 aromatic carbocycles. The second kappa shape index (κ2) is 18.1. The first kappa shape index (κ1) is 37.2. The molecule has 1 N–H and O–H groups in total. The van der Waals surface area contributed by atoms with Crippen molar-refractivity contribution in [2.45, 2.75) is 98.3 Å². The number of piperazine rings is 2. The molecule has 4 aliphatic rings. The highest BCUT2D eigenvalue weighted by Crippen LogP contribution is 2.19. The van der Waals surface area contributed by atoms with Crippen LogP contribution in [0.3, 0.4) is 0 Å². The summed E-state index contributed by atoms with van der Waals surface area (Å²) < 4.78 is 10.7. The van der Waals surface area contributed by atoms with Gasteiger partial charge in [-0.15, -0.1) is 0 Å². The fraction of sp³-hybridized carbons (Fsp3) is 0.906. The smallest absolute Gasteiger partial charge is 0.410 e. The molecule has 0 aromatic rings. The minimum Gasteiger partial charge on any atom is -0.444 e. The molecule has 0 spiro atoms. The van der Waals surface area contributed by atoms with Gasteiger partial charge in [0, 0.05) is 84.3 Å². The highest BCUT2D eigenvalue weighted by atomic mass is 16.6. The van der Waals surface area contributed by atoms with Crippen LogP contribution in [0.15, 0.2) is 0 Å². The summed E-state index contributed by atoms with van der Waals surface area (Å²) in [6.07, 6.45) is 3.71. The Morgan fingerprint density at radius 3 is 1.51 bits per heavy atom. The lowest BCUT2D eigenvalue weighted by atomic mass is 10.0. The monoisotopic (exact) mass is 610 g/mol. The summed E-state index contributed by atoms with van der Waals surface area (Å²) in [4.78, 5) is 45.2. The first-order chi connectivity index (χ1) is 20.2. The number of carbonyl (C=O) groups is 3. The number of Topliss-reactive ketones (excluding diaryl/α,β-unsaturated/α-hetero) is 1. The second-order valence-corrected chi connectivity index (χ2v) is 13.9. The van der Waals surface area contributed by atoms with Crippen LogP contribution >= 0.6 is 0 Å². The SMILES string of the molecule is CC(C)(C)OC(=O)N1CCNCC1.CCN1CCC(=O)CC1.CCN1CCC(N2CCN(C(=O)OC(C)(C)C)CC2)CC1. The van der Waals surface area contributed by atoms with E-state index >= 15 is 0 Å². The van der Waals surface area contributed by atoms with Gasteiger partial charge in [-0.25, -0.2) is 9.59 Å². The largest absolute Gasteiger partial charge is 0.444 e. The Bertz CT molecular complexity index is 826. The summed E-state index contributed by atoms with van der Waals surface area (Å²) in [7, 11) is 0. The maximum Gasteiger partial charge on any atom is 0.410 e. The van der Waals surface area contributed by atoms with Crippen LogP contribution in [0.2, 0.25) is 0 Å². The molecular formula is C32H62N6O5. The van der Waals surface area contributed by atoms with Crippen LogP contribution in [0, 0.1) is 0 Å². The lowest BCUT2D eigenvalue weighted by Crippen LogP contribution is -2.54. The van der Waals surface area contributed by atoms with E-state index in [1.54, 1.807) is 4.90 Å². The van der Waals surface area contributed by atoms with Gasteiger partial charge >= 0.3 is 12.2 Å². The Balaban J connectivity index is 0.000000249. The van der Waals surface area contributed by atoms with Crippen molar-refractivity contribution in [1.82, 2.24) is 29.8 Å². The van der Waals surface area contributed by atoms with E-state index in [2.05, 4.69) is 33.9 Å². The molecule has 4 heterocycles. The molecule has 11 nitrogen and oxygen atoms in total. The molecule has 0 unspecified atom stereocenters. The second-order valence-electron chi connectivity index (χ2n) is 13.9. The topological polar surface area (TPSA) is 97.9 Å². The molecule has 4 fully saturated rings. The molecule has 4 rings (SSSR count). The van der Waals surface area contributed by atoms with E-state index in [9.17, 15) is 14.4 Å². The van der Waals surface area contributed by atoms with E-state index in [0.29, 0.717) is 11.8 Å². The summed E-state index contributed by atoms with van der Waals surface area (Å²) >= 11 is 0. The molecule has 11 heteroatoms. The quantitative estimate of drug-likeness (QED) is 0.515. The van der Waals surface area contributed by atoms with Crippen molar-refractivity contribution >= 4 is 18.0 Å². The minimum atomic E-state index is -0.402. The maximum absolute atomic E-state index is 12.1. The van der Waals surface area contributed by atoms with E-state index in [-0.39, 0.29) is 17.8 Å². The number of hydrogen-bond donors (Lipinski definition) is 1. The zero-order valence-electron chi connectivity index (χ0n) is 28.6. The number of hydrogen-bond acceptors (Lipinski definition) is 9. The van der Waals surface area contributed by atoms with Gasteiger partial charge in [0.2, 0.25) is 0 Å². The molecule has 0 aliphatic carbocycles. The van der Waals surface area contributed by atoms with E-state index in [4.69, 9.17) is 9.47 Å². The Labute approximate surface area is 261 Å². The summed E-state index contributed by atoms with van der Waals surface area (Å²) in [5.41, 5.74) is -0.789. The van der Waals surface area contributed by atoms with Crippen LogP contribution in [0.5, 0.6) is 0 Å². The predicted molar refractivity (Wildman–Crippen MR) is 172 cm³/mol. The lowest BCUT2D eigenvalue weighted by Gasteiger charge is -2.42. The Morgan fingerprint density at radius 1 is 0.674 bits per heavy atom. The number of nitrogens with one attached hydrogen (secondary N) is 1. The zero-order valence-corrected chi connectivity index (χ0v) is 28.6. The average Bonchev–Trinajstić information content (AvgIpc) is 2.97. The average molecular weight is 611 g/mol. The molecule has 0 bridgehead atoms. The van der Waals surface area contributed by atoms with Gasteiger partial charge in [-0.1, -0.05) is 13.8 Å². The zero-order chi connectivity index (χ0) is 32.0. The number of likely N-dealkylation sites (tertiary alicyclic amines) is 2. The fourth-order valence-corrected chi connectivity index (χ4v) is 5.49. The first-order valence-electron chi connectivity index (χ1n) is 16.6. The van der Waals surface area contributed by atoms with Crippen molar-refractivity contribution in [3.8, 4) is 0 Å².